The number of amides is 2. The molecule has 5 nitrogen and oxygen atoms in total. The molecule has 2 saturated carbocycles. The average molecular weight is 321 g/mol. The fraction of sp³-hybridized carbons (Fsp3) is 0.889. The monoisotopic (exact) mass is 321 g/mol. The summed E-state index contributed by atoms with van der Waals surface area (Å²) in [5.41, 5.74) is 0. The van der Waals surface area contributed by atoms with Crippen LogP contribution in [0.15, 0.2) is 0 Å². The molecule has 0 unspecified atom stereocenters. The third kappa shape index (κ3) is 5.48. The Balaban J connectivity index is 1.42. The van der Waals surface area contributed by atoms with Crippen molar-refractivity contribution in [1.29, 1.82) is 0 Å². The van der Waals surface area contributed by atoms with Gasteiger partial charge in [0, 0.05) is 38.0 Å². The molecule has 2 aliphatic carbocycles. The molecule has 3 aliphatic rings. The average Bonchev–Trinajstić information content (AvgIpc) is 3.44. The van der Waals surface area contributed by atoms with Gasteiger partial charge in [-0.3, -0.25) is 9.59 Å². The zero-order valence-electron chi connectivity index (χ0n) is 14.3. The van der Waals surface area contributed by atoms with Crippen LogP contribution in [0, 0.1) is 11.8 Å². The van der Waals surface area contributed by atoms with E-state index in [1.54, 1.807) is 0 Å². The van der Waals surface area contributed by atoms with Crippen molar-refractivity contribution in [3.8, 4) is 0 Å². The summed E-state index contributed by atoms with van der Waals surface area (Å²) in [6, 6.07) is 0. The SMILES string of the molecule is O=C(NCCN(CCN1CCCCCC1)C(=O)C1CC1)C1CC1. The molecule has 1 saturated heterocycles. The normalized spacial score (nSPS) is 22.4. The van der Waals surface area contributed by atoms with Crippen molar-refractivity contribution >= 4 is 11.8 Å². The number of carbonyl (C=O) groups is 2. The standard InChI is InChI=1S/C18H31N3O2/c22-17(15-5-6-15)19-9-12-21(18(23)16-7-8-16)14-13-20-10-3-1-2-4-11-20/h15-16H,1-14H2,(H,19,22). The molecule has 0 atom stereocenters. The summed E-state index contributed by atoms with van der Waals surface area (Å²) >= 11 is 0. The van der Waals surface area contributed by atoms with Crippen molar-refractivity contribution < 1.29 is 9.59 Å². The van der Waals surface area contributed by atoms with E-state index >= 15 is 0 Å². The summed E-state index contributed by atoms with van der Waals surface area (Å²) < 4.78 is 0. The number of likely N-dealkylation sites (tertiary alicyclic amines) is 1. The van der Waals surface area contributed by atoms with Gasteiger partial charge in [0.1, 0.15) is 0 Å². The molecule has 23 heavy (non-hydrogen) atoms. The maximum absolute atomic E-state index is 12.5. The van der Waals surface area contributed by atoms with Crippen LogP contribution < -0.4 is 5.32 Å². The molecule has 1 N–H and O–H groups in total. The van der Waals surface area contributed by atoms with E-state index in [0.717, 1.165) is 38.8 Å². The van der Waals surface area contributed by atoms with Crippen LogP contribution in [-0.4, -0.2) is 60.9 Å². The Morgan fingerprint density at radius 3 is 2.17 bits per heavy atom. The Morgan fingerprint density at radius 1 is 0.913 bits per heavy atom. The molecule has 3 rings (SSSR count). The van der Waals surface area contributed by atoms with E-state index in [9.17, 15) is 9.59 Å². The molecule has 0 aromatic heterocycles. The third-order valence-electron chi connectivity index (χ3n) is 5.25. The van der Waals surface area contributed by atoms with E-state index in [4.69, 9.17) is 0 Å². The lowest BCUT2D eigenvalue weighted by Crippen LogP contribution is -2.43. The molecule has 0 aromatic rings. The second-order valence-electron chi connectivity index (χ2n) is 7.42. The zero-order valence-corrected chi connectivity index (χ0v) is 14.3. The lowest BCUT2D eigenvalue weighted by molar-refractivity contribution is -0.133. The zero-order chi connectivity index (χ0) is 16.1. The summed E-state index contributed by atoms with van der Waals surface area (Å²) in [7, 11) is 0. The summed E-state index contributed by atoms with van der Waals surface area (Å²) in [6.45, 7) is 5.41. The topological polar surface area (TPSA) is 52.7 Å². The van der Waals surface area contributed by atoms with Crippen LogP contribution >= 0.6 is 0 Å². The highest BCUT2D eigenvalue weighted by Crippen LogP contribution is 2.31. The molecule has 0 bridgehead atoms. The molecule has 0 radical (unpaired) electrons. The van der Waals surface area contributed by atoms with E-state index in [-0.39, 0.29) is 17.7 Å². The molecule has 1 aliphatic heterocycles. The quantitative estimate of drug-likeness (QED) is 0.739. The second-order valence-corrected chi connectivity index (χ2v) is 7.42. The predicted molar refractivity (Wildman–Crippen MR) is 89.9 cm³/mol. The van der Waals surface area contributed by atoms with Crippen LogP contribution in [-0.2, 0) is 9.59 Å². The molecule has 1 heterocycles. The minimum Gasteiger partial charge on any atom is -0.354 e. The largest absolute Gasteiger partial charge is 0.354 e. The third-order valence-corrected chi connectivity index (χ3v) is 5.25. The number of nitrogens with zero attached hydrogens (tertiary/aromatic N) is 2. The summed E-state index contributed by atoms with van der Waals surface area (Å²) in [4.78, 5) is 28.7. The van der Waals surface area contributed by atoms with Crippen molar-refractivity contribution in [3.05, 3.63) is 0 Å². The van der Waals surface area contributed by atoms with Gasteiger partial charge in [-0.2, -0.15) is 0 Å². The minimum absolute atomic E-state index is 0.177. The van der Waals surface area contributed by atoms with Gasteiger partial charge in [-0.1, -0.05) is 12.8 Å². The maximum atomic E-state index is 12.5. The van der Waals surface area contributed by atoms with Crippen molar-refractivity contribution in [2.45, 2.75) is 51.4 Å². The van der Waals surface area contributed by atoms with E-state index in [2.05, 4.69) is 10.2 Å². The fourth-order valence-corrected chi connectivity index (χ4v) is 3.35. The lowest BCUT2D eigenvalue weighted by atomic mass is 10.2. The predicted octanol–water partition coefficient (Wildman–Crippen LogP) is 1.63. The molecule has 0 aromatic carbocycles. The van der Waals surface area contributed by atoms with Crippen LogP contribution in [0.4, 0.5) is 0 Å². The molecule has 3 fully saturated rings. The van der Waals surface area contributed by atoms with Gasteiger partial charge >= 0.3 is 0 Å². The van der Waals surface area contributed by atoms with Crippen molar-refractivity contribution in [2.75, 3.05) is 39.3 Å². The Bertz CT molecular complexity index is 410. The van der Waals surface area contributed by atoms with Crippen LogP contribution in [0.25, 0.3) is 0 Å². The minimum atomic E-state index is 0.177. The van der Waals surface area contributed by atoms with Crippen molar-refractivity contribution in [1.82, 2.24) is 15.1 Å². The Hall–Kier alpha value is -1.10. The number of hydrogen-bond donors (Lipinski definition) is 1. The first-order valence-electron chi connectivity index (χ1n) is 9.53. The van der Waals surface area contributed by atoms with Gasteiger partial charge < -0.3 is 15.1 Å². The van der Waals surface area contributed by atoms with E-state index < -0.39 is 0 Å². The number of nitrogens with one attached hydrogen (secondary N) is 1. The molecular weight excluding hydrogens is 290 g/mol. The number of rotatable bonds is 8. The Morgan fingerprint density at radius 2 is 1.57 bits per heavy atom. The number of hydrogen-bond acceptors (Lipinski definition) is 3. The van der Waals surface area contributed by atoms with Gasteiger partial charge in [0.05, 0.1) is 0 Å². The highest BCUT2D eigenvalue weighted by molar-refractivity contribution is 5.82. The second kappa shape index (κ2) is 8.13. The van der Waals surface area contributed by atoms with Crippen LogP contribution in [0.3, 0.4) is 0 Å². The maximum Gasteiger partial charge on any atom is 0.225 e. The summed E-state index contributed by atoms with van der Waals surface area (Å²) in [5.74, 6) is 0.995. The smallest absolute Gasteiger partial charge is 0.225 e. The summed E-state index contributed by atoms with van der Waals surface area (Å²) in [5, 5.41) is 2.99. The summed E-state index contributed by atoms with van der Waals surface area (Å²) in [6.07, 6.45) is 9.42. The first kappa shape index (κ1) is 16.7. The van der Waals surface area contributed by atoms with Gasteiger partial charge in [-0.25, -0.2) is 0 Å². The van der Waals surface area contributed by atoms with E-state index in [1.807, 2.05) is 4.90 Å². The van der Waals surface area contributed by atoms with Gasteiger partial charge in [0.15, 0.2) is 0 Å². The molecule has 0 spiro atoms. The molecule has 2 amide bonds. The fourth-order valence-electron chi connectivity index (χ4n) is 3.35. The van der Waals surface area contributed by atoms with Crippen LogP contribution in [0.2, 0.25) is 0 Å². The Labute approximate surface area is 139 Å². The van der Waals surface area contributed by atoms with Gasteiger partial charge in [0.25, 0.3) is 0 Å². The highest BCUT2D eigenvalue weighted by Gasteiger charge is 2.34. The van der Waals surface area contributed by atoms with E-state index in [1.165, 1.54) is 38.8 Å². The first-order valence-corrected chi connectivity index (χ1v) is 9.53. The molecule has 130 valence electrons. The van der Waals surface area contributed by atoms with Gasteiger partial charge in [-0.15, -0.1) is 0 Å². The molecular formula is C18H31N3O2. The van der Waals surface area contributed by atoms with Crippen LogP contribution in [0.5, 0.6) is 0 Å². The van der Waals surface area contributed by atoms with Crippen LogP contribution in [0.1, 0.15) is 51.4 Å². The van der Waals surface area contributed by atoms with Crippen molar-refractivity contribution in [2.24, 2.45) is 11.8 Å². The van der Waals surface area contributed by atoms with Gasteiger partial charge in [-0.05, 0) is 51.6 Å². The highest BCUT2D eigenvalue weighted by atomic mass is 16.2. The lowest BCUT2D eigenvalue weighted by Gasteiger charge is -2.27. The Kier molecular flexibility index (Phi) is 5.92. The van der Waals surface area contributed by atoms with E-state index in [0.29, 0.717) is 19.0 Å². The number of carbonyl (C=O) groups excluding carboxylic acids is 2. The van der Waals surface area contributed by atoms with Crippen molar-refractivity contribution in [3.63, 3.8) is 0 Å². The van der Waals surface area contributed by atoms with Gasteiger partial charge in [0.2, 0.25) is 11.8 Å². The first-order chi connectivity index (χ1) is 11.2. The molecule has 5 heteroatoms.